The maximum Gasteiger partial charge on any atom is 0.134 e. The number of aliphatic hydroxyl groups is 1. The second kappa shape index (κ2) is 4.68. The lowest BCUT2D eigenvalue weighted by molar-refractivity contribution is 0.215. The summed E-state index contributed by atoms with van der Waals surface area (Å²) in [4.78, 5) is 0. The molecule has 0 aliphatic heterocycles. The Morgan fingerprint density at radius 3 is 2.68 bits per heavy atom. The molecule has 3 aromatic rings. The molecule has 19 heavy (non-hydrogen) atoms. The molecule has 1 aromatic heterocycles. The van der Waals surface area contributed by atoms with Crippen molar-refractivity contribution in [3.05, 3.63) is 70.7 Å². The van der Waals surface area contributed by atoms with Gasteiger partial charge in [0.2, 0.25) is 0 Å². The van der Waals surface area contributed by atoms with Crippen molar-refractivity contribution in [2.24, 2.45) is 0 Å². The topological polar surface area (TPSA) is 33.4 Å². The van der Waals surface area contributed by atoms with Gasteiger partial charge in [0.1, 0.15) is 17.5 Å². The van der Waals surface area contributed by atoms with Gasteiger partial charge in [-0.25, -0.2) is 4.39 Å². The number of halogens is 2. The van der Waals surface area contributed by atoms with Gasteiger partial charge >= 0.3 is 0 Å². The van der Waals surface area contributed by atoms with E-state index in [1.54, 1.807) is 12.1 Å². The molecular weight excluding hydrogens is 267 g/mol. The van der Waals surface area contributed by atoms with Crippen LogP contribution in [0.5, 0.6) is 0 Å². The van der Waals surface area contributed by atoms with Crippen LogP contribution in [0.25, 0.3) is 11.0 Å². The van der Waals surface area contributed by atoms with Crippen molar-refractivity contribution in [2.75, 3.05) is 0 Å². The number of rotatable bonds is 2. The van der Waals surface area contributed by atoms with Crippen LogP contribution < -0.4 is 0 Å². The van der Waals surface area contributed by atoms with Crippen LogP contribution in [0.1, 0.15) is 17.2 Å². The number of hydrogen-bond donors (Lipinski definition) is 1. The summed E-state index contributed by atoms with van der Waals surface area (Å²) in [6.45, 7) is 0. The Hall–Kier alpha value is -1.84. The van der Waals surface area contributed by atoms with Gasteiger partial charge in [0.15, 0.2) is 0 Å². The Morgan fingerprint density at radius 2 is 1.89 bits per heavy atom. The predicted octanol–water partition coefficient (Wildman–Crippen LogP) is 4.31. The summed E-state index contributed by atoms with van der Waals surface area (Å²) in [7, 11) is 0. The van der Waals surface area contributed by atoms with Crippen molar-refractivity contribution in [3.63, 3.8) is 0 Å². The molecule has 96 valence electrons. The van der Waals surface area contributed by atoms with E-state index in [0.717, 1.165) is 5.39 Å². The highest BCUT2D eigenvalue weighted by molar-refractivity contribution is 6.30. The highest BCUT2D eigenvalue weighted by atomic mass is 35.5. The lowest BCUT2D eigenvalue weighted by Gasteiger charge is -2.10. The van der Waals surface area contributed by atoms with E-state index in [0.29, 0.717) is 16.2 Å². The standard InChI is InChI=1S/C15H10ClFO2/c16-9-5-6-11(13(17)7-9)15(18)12-8-19-14-4-2-1-3-10(12)14/h1-8,15,18H. The number of para-hydroxylation sites is 1. The van der Waals surface area contributed by atoms with Gasteiger partial charge in [-0.05, 0) is 18.2 Å². The van der Waals surface area contributed by atoms with E-state index in [1.807, 2.05) is 18.2 Å². The molecule has 2 aromatic carbocycles. The molecule has 1 N–H and O–H groups in total. The van der Waals surface area contributed by atoms with E-state index in [2.05, 4.69) is 0 Å². The SMILES string of the molecule is OC(c1ccc(Cl)cc1F)c1coc2ccccc12. The van der Waals surface area contributed by atoms with Crippen LogP contribution >= 0.6 is 11.6 Å². The molecule has 0 saturated carbocycles. The minimum absolute atomic E-state index is 0.177. The van der Waals surface area contributed by atoms with Crippen LogP contribution in [0.15, 0.2) is 53.1 Å². The second-order valence-electron chi connectivity index (χ2n) is 4.26. The Morgan fingerprint density at radius 1 is 1.11 bits per heavy atom. The first-order chi connectivity index (χ1) is 9.16. The van der Waals surface area contributed by atoms with Crippen molar-refractivity contribution in [3.8, 4) is 0 Å². The van der Waals surface area contributed by atoms with Gasteiger partial charge in [0.25, 0.3) is 0 Å². The van der Waals surface area contributed by atoms with E-state index in [-0.39, 0.29) is 5.56 Å². The third-order valence-electron chi connectivity index (χ3n) is 3.06. The van der Waals surface area contributed by atoms with E-state index in [1.165, 1.54) is 18.4 Å². The molecule has 0 fully saturated rings. The quantitative estimate of drug-likeness (QED) is 0.757. The Balaban J connectivity index is 2.10. The molecule has 1 unspecified atom stereocenters. The summed E-state index contributed by atoms with van der Waals surface area (Å²) in [5.74, 6) is -0.537. The van der Waals surface area contributed by atoms with Crippen LogP contribution in [0, 0.1) is 5.82 Å². The summed E-state index contributed by atoms with van der Waals surface area (Å²) < 4.78 is 19.2. The van der Waals surface area contributed by atoms with E-state index in [9.17, 15) is 9.50 Å². The third kappa shape index (κ3) is 2.11. The van der Waals surface area contributed by atoms with Gasteiger partial charge in [0.05, 0.1) is 6.26 Å². The van der Waals surface area contributed by atoms with Crippen LogP contribution in [0.3, 0.4) is 0 Å². The molecule has 3 rings (SSSR count). The predicted molar refractivity (Wildman–Crippen MR) is 71.7 cm³/mol. The number of benzene rings is 2. The Bertz CT molecular complexity index is 736. The first-order valence-corrected chi connectivity index (χ1v) is 6.14. The zero-order chi connectivity index (χ0) is 13.4. The summed E-state index contributed by atoms with van der Waals surface area (Å²) in [6.07, 6.45) is 0.365. The Labute approximate surface area is 114 Å². The fraction of sp³-hybridized carbons (Fsp3) is 0.0667. The molecule has 2 nitrogen and oxygen atoms in total. The average Bonchev–Trinajstić information content (AvgIpc) is 2.82. The highest BCUT2D eigenvalue weighted by Crippen LogP contribution is 2.32. The number of fused-ring (bicyclic) bond motifs is 1. The second-order valence-corrected chi connectivity index (χ2v) is 4.69. The fourth-order valence-corrected chi connectivity index (χ4v) is 2.26. The molecule has 0 amide bonds. The molecule has 0 saturated heterocycles. The summed E-state index contributed by atoms with van der Waals surface area (Å²) in [6, 6.07) is 11.5. The summed E-state index contributed by atoms with van der Waals surface area (Å²) >= 11 is 5.70. The van der Waals surface area contributed by atoms with E-state index in [4.69, 9.17) is 16.0 Å². The third-order valence-corrected chi connectivity index (χ3v) is 3.30. The van der Waals surface area contributed by atoms with Crippen molar-refractivity contribution in [1.82, 2.24) is 0 Å². The molecule has 0 radical (unpaired) electrons. The van der Waals surface area contributed by atoms with Gasteiger partial charge < -0.3 is 9.52 Å². The maximum atomic E-state index is 13.8. The molecule has 0 spiro atoms. The number of furan rings is 1. The highest BCUT2D eigenvalue weighted by Gasteiger charge is 2.19. The molecule has 0 bridgehead atoms. The van der Waals surface area contributed by atoms with Crippen molar-refractivity contribution < 1.29 is 13.9 Å². The summed E-state index contributed by atoms with van der Waals surface area (Å²) in [5, 5.41) is 11.4. The van der Waals surface area contributed by atoms with E-state index < -0.39 is 11.9 Å². The molecule has 4 heteroatoms. The van der Waals surface area contributed by atoms with E-state index >= 15 is 0 Å². The number of aliphatic hydroxyl groups excluding tert-OH is 1. The first kappa shape index (κ1) is 12.2. The van der Waals surface area contributed by atoms with Crippen molar-refractivity contribution in [2.45, 2.75) is 6.10 Å². The molecule has 0 aliphatic carbocycles. The van der Waals surface area contributed by atoms with Gasteiger partial charge in [-0.2, -0.15) is 0 Å². The maximum absolute atomic E-state index is 13.8. The van der Waals surface area contributed by atoms with Gasteiger partial charge in [-0.15, -0.1) is 0 Å². The monoisotopic (exact) mass is 276 g/mol. The molecular formula is C15H10ClFO2. The molecule has 1 atom stereocenters. The van der Waals surface area contributed by atoms with Crippen LogP contribution in [0.2, 0.25) is 5.02 Å². The van der Waals surface area contributed by atoms with Crippen LogP contribution in [-0.4, -0.2) is 5.11 Å². The zero-order valence-corrected chi connectivity index (χ0v) is 10.6. The molecule has 1 heterocycles. The Kier molecular flexibility index (Phi) is 3.01. The van der Waals surface area contributed by atoms with Crippen molar-refractivity contribution in [1.29, 1.82) is 0 Å². The fourth-order valence-electron chi connectivity index (χ4n) is 2.10. The van der Waals surface area contributed by atoms with Gasteiger partial charge in [-0.1, -0.05) is 35.9 Å². The van der Waals surface area contributed by atoms with Crippen molar-refractivity contribution >= 4 is 22.6 Å². The number of hydrogen-bond acceptors (Lipinski definition) is 2. The summed E-state index contributed by atoms with van der Waals surface area (Å²) in [5.41, 5.74) is 1.37. The minimum Gasteiger partial charge on any atom is -0.464 e. The lowest BCUT2D eigenvalue weighted by Crippen LogP contribution is -2.01. The van der Waals surface area contributed by atoms with Crippen LogP contribution in [0.4, 0.5) is 4.39 Å². The van der Waals surface area contributed by atoms with Crippen LogP contribution in [-0.2, 0) is 0 Å². The normalized spacial score (nSPS) is 12.8. The largest absolute Gasteiger partial charge is 0.464 e. The zero-order valence-electron chi connectivity index (χ0n) is 9.81. The van der Waals surface area contributed by atoms with Gasteiger partial charge in [-0.3, -0.25) is 0 Å². The first-order valence-electron chi connectivity index (χ1n) is 5.76. The van der Waals surface area contributed by atoms with Gasteiger partial charge in [0, 0.05) is 21.5 Å². The lowest BCUT2D eigenvalue weighted by atomic mass is 10.0. The smallest absolute Gasteiger partial charge is 0.134 e. The average molecular weight is 277 g/mol. The minimum atomic E-state index is -1.08. The molecule has 0 aliphatic rings.